The van der Waals surface area contributed by atoms with Gasteiger partial charge in [0.1, 0.15) is 19.3 Å². The van der Waals surface area contributed by atoms with Crippen LogP contribution in [0.15, 0.2) is 12.1 Å². The molecular weight excluding hydrogens is 418 g/mol. The Morgan fingerprint density at radius 1 is 1.23 bits per heavy atom. The zero-order valence-electron chi connectivity index (χ0n) is 16.1. The molecule has 0 aliphatic carbocycles. The fourth-order valence-electron chi connectivity index (χ4n) is 3.44. The number of alkyl halides is 3. The number of aryl methyl sites for hydroxylation is 1. The quantitative estimate of drug-likeness (QED) is 0.592. The minimum atomic E-state index is -4.67. The van der Waals surface area contributed by atoms with Crippen molar-refractivity contribution in [3.8, 4) is 17.0 Å². The second kappa shape index (κ2) is 7.41. The highest BCUT2D eigenvalue weighted by Crippen LogP contribution is 2.38. The van der Waals surface area contributed by atoms with Gasteiger partial charge in [0.05, 0.1) is 24.5 Å². The van der Waals surface area contributed by atoms with Gasteiger partial charge in [-0.2, -0.15) is 22.7 Å². The van der Waals surface area contributed by atoms with Gasteiger partial charge < -0.3 is 19.8 Å². The summed E-state index contributed by atoms with van der Waals surface area (Å²) in [4.78, 5) is 22.2. The van der Waals surface area contributed by atoms with E-state index in [1.807, 2.05) is 0 Å². The Kier molecular flexibility index (Phi) is 5.00. The molecule has 0 bridgehead atoms. The van der Waals surface area contributed by atoms with Gasteiger partial charge in [0.15, 0.2) is 0 Å². The van der Waals surface area contributed by atoms with Gasteiger partial charge in [-0.25, -0.2) is 9.78 Å². The Hall–Kier alpha value is -3.35. The number of carboxylic acid groups (broad SMARTS) is 1. The van der Waals surface area contributed by atoms with Gasteiger partial charge in [-0.05, 0) is 30.1 Å². The summed E-state index contributed by atoms with van der Waals surface area (Å²) in [6.45, 7) is 3.20. The van der Waals surface area contributed by atoms with Crippen LogP contribution in [0.3, 0.4) is 0 Å². The number of carbonyl (C=O) groups is 1. The van der Waals surface area contributed by atoms with Crippen LogP contribution < -0.4 is 10.4 Å². The Balaban J connectivity index is 1.93. The predicted molar refractivity (Wildman–Crippen MR) is 103 cm³/mol. The maximum Gasteiger partial charge on any atom is 0.416 e. The number of aromatic hydroxyl groups is 1. The van der Waals surface area contributed by atoms with Crippen molar-refractivity contribution in [2.24, 2.45) is 0 Å². The molecule has 4 rings (SSSR count). The minimum absolute atomic E-state index is 0.0140. The van der Waals surface area contributed by atoms with E-state index in [1.54, 1.807) is 4.90 Å². The number of carboxylic acids is 1. The normalized spacial score (nSPS) is 14.9. The third-order valence-corrected chi connectivity index (χ3v) is 4.89. The second-order valence-corrected chi connectivity index (χ2v) is 6.94. The van der Waals surface area contributed by atoms with E-state index in [2.05, 4.69) is 15.1 Å². The fraction of sp³-hybridized carbons (Fsp3) is 0.333. The summed E-state index contributed by atoms with van der Waals surface area (Å²) in [5.74, 6) is -2.08. The molecule has 13 heteroatoms. The lowest BCUT2D eigenvalue weighted by molar-refractivity contribution is -0.137. The van der Waals surface area contributed by atoms with E-state index < -0.39 is 29.2 Å². The van der Waals surface area contributed by atoms with E-state index >= 15 is 0 Å². The standard InChI is InChI=1S/C18H15BF3N5O4/c1-8-6-9(18(20,21)22)7-10(28)11(8)13-12(19)14(15(29)30)27-16(23-13)24-17(25-27)26-2-4-31-5-3-26/h6-7,28H,2-5H2,1H3,(H,29,30). The van der Waals surface area contributed by atoms with Crippen molar-refractivity contribution in [3.63, 3.8) is 0 Å². The molecule has 1 aromatic carbocycles. The first kappa shape index (κ1) is 20.9. The molecule has 1 saturated heterocycles. The maximum absolute atomic E-state index is 13.1. The third kappa shape index (κ3) is 3.65. The number of anilines is 1. The number of nitrogens with zero attached hydrogens (tertiary/aromatic N) is 5. The van der Waals surface area contributed by atoms with E-state index in [1.165, 1.54) is 6.92 Å². The fourth-order valence-corrected chi connectivity index (χ4v) is 3.44. The Bertz CT molecular complexity index is 1170. The first-order valence-corrected chi connectivity index (χ1v) is 9.11. The molecule has 2 aromatic heterocycles. The first-order valence-electron chi connectivity index (χ1n) is 9.11. The lowest BCUT2D eigenvalue weighted by Gasteiger charge is -2.25. The van der Waals surface area contributed by atoms with Crippen molar-refractivity contribution in [2.75, 3.05) is 31.2 Å². The SMILES string of the molecule is [B]c1c(-c2c(C)cc(C(F)(F)F)cc2O)nc2nc(N3CCOCC3)nn2c1C(=O)O. The molecule has 0 atom stereocenters. The number of morpholine rings is 1. The monoisotopic (exact) mass is 433 g/mol. The second-order valence-electron chi connectivity index (χ2n) is 6.94. The van der Waals surface area contributed by atoms with E-state index in [-0.39, 0.29) is 34.0 Å². The van der Waals surface area contributed by atoms with E-state index in [4.69, 9.17) is 12.6 Å². The smallest absolute Gasteiger partial charge is 0.416 e. The molecule has 0 saturated carbocycles. The third-order valence-electron chi connectivity index (χ3n) is 4.89. The molecule has 3 aromatic rings. The van der Waals surface area contributed by atoms with Crippen LogP contribution in [-0.2, 0) is 10.9 Å². The maximum atomic E-state index is 13.1. The number of halogens is 3. The number of phenolic OH excluding ortho intramolecular Hbond substituents is 1. The average molecular weight is 433 g/mol. The van der Waals surface area contributed by atoms with E-state index in [0.29, 0.717) is 32.4 Å². The summed E-state index contributed by atoms with van der Waals surface area (Å²) in [7, 11) is 6.03. The van der Waals surface area contributed by atoms with Gasteiger partial charge in [0.2, 0.25) is 5.95 Å². The number of fused-ring (bicyclic) bond motifs is 1. The Labute approximate surface area is 174 Å². The number of hydrogen-bond acceptors (Lipinski definition) is 7. The van der Waals surface area contributed by atoms with Gasteiger partial charge in [0.25, 0.3) is 5.78 Å². The first-order chi connectivity index (χ1) is 14.6. The zero-order chi connectivity index (χ0) is 22.5. The van der Waals surface area contributed by atoms with Gasteiger partial charge in [-0.1, -0.05) is 0 Å². The summed E-state index contributed by atoms with van der Waals surface area (Å²) in [6, 6.07) is 1.36. The minimum Gasteiger partial charge on any atom is -0.507 e. The molecule has 2 N–H and O–H groups in total. The summed E-state index contributed by atoms with van der Waals surface area (Å²) >= 11 is 0. The van der Waals surface area contributed by atoms with Gasteiger partial charge in [-0.15, -0.1) is 5.10 Å². The molecule has 0 spiro atoms. The Morgan fingerprint density at radius 3 is 2.48 bits per heavy atom. The number of hydrogen-bond donors (Lipinski definition) is 2. The van der Waals surface area contributed by atoms with Crippen LogP contribution >= 0.6 is 0 Å². The van der Waals surface area contributed by atoms with Crippen LogP contribution in [0.25, 0.3) is 17.0 Å². The highest BCUT2D eigenvalue weighted by molar-refractivity contribution is 6.39. The van der Waals surface area contributed by atoms with Crippen molar-refractivity contribution in [3.05, 3.63) is 29.0 Å². The number of aromatic nitrogens is 4. The molecule has 2 radical (unpaired) electrons. The predicted octanol–water partition coefficient (Wildman–Crippen LogP) is 1.15. The van der Waals surface area contributed by atoms with Gasteiger partial charge in [0, 0.05) is 18.7 Å². The van der Waals surface area contributed by atoms with Gasteiger partial charge in [-0.3, -0.25) is 0 Å². The summed E-state index contributed by atoms with van der Waals surface area (Å²) in [5.41, 5.74) is -2.19. The molecule has 3 heterocycles. The molecule has 160 valence electrons. The largest absolute Gasteiger partial charge is 0.507 e. The molecule has 1 aliphatic rings. The van der Waals surface area contributed by atoms with E-state index in [0.717, 1.165) is 10.6 Å². The van der Waals surface area contributed by atoms with Crippen LogP contribution in [0.2, 0.25) is 0 Å². The van der Waals surface area contributed by atoms with Crippen molar-refractivity contribution >= 4 is 31.0 Å². The topological polar surface area (TPSA) is 113 Å². The zero-order valence-corrected chi connectivity index (χ0v) is 16.1. The number of benzene rings is 1. The van der Waals surface area contributed by atoms with Crippen LogP contribution in [0.1, 0.15) is 21.6 Å². The van der Waals surface area contributed by atoms with Crippen molar-refractivity contribution < 1.29 is 32.9 Å². The molecule has 31 heavy (non-hydrogen) atoms. The van der Waals surface area contributed by atoms with Crippen molar-refractivity contribution in [2.45, 2.75) is 13.1 Å². The molecule has 1 aliphatic heterocycles. The lowest BCUT2D eigenvalue weighted by atomic mass is 9.87. The highest BCUT2D eigenvalue weighted by Gasteiger charge is 2.33. The van der Waals surface area contributed by atoms with Crippen molar-refractivity contribution in [1.29, 1.82) is 0 Å². The van der Waals surface area contributed by atoms with E-state index in [9.17, 15) is 28.2 Å². The molecule has 0 amide bonds. The van der Waals surface area contributed by atoms with Crippen LogP contribution in [0.5, 0.6) is 5.75 Å². The molecular formula is C18H15BF3N5O4. The number of ether oxygens (including phenoxy) is 1. The Morgan fingerprint density at radius 2 is 1.90 bits per heavy atom. The van der Waals surface area contributed by atoms with Crippen molar-refractivity contribution in [1.82, 2.24) is 19.6 Å². The number of phenols is 1. The van der Waals surface area contributed by atoms with Gasteiger partial charge >= 0.3 is 12.1 Å². The number of rotatable bonds is 3. The molecule has 9 nitrogen and oxygen atoms in total. The van der Waals surface area contributed by atoms with Crippen LogP contribution in [0.4, 0.5) is 19.1 Å². The lowest BCUT2D eigenvalue weighted by Crippen LogP contribution is -2.37. The average Bonchev–Trinajstić information content (AvgIpc) is 3.11. The summed E-state index contributed by atoms with van der Waals surface area (Å²) in [6.07, 6.45) is -4.67. The van der Waals surface area contributed by atoms with Crippen LogP contribution in [0, 0.1) is 6.92 Å². The summed E-state index contributed by atoms with van der Waals surface area (Å²) in [5, 5.41) is 24.2. The highest BCUT2D eigenvalue weighted by atomic mass is 19.4. The molecule has 0 unspecified atom stereocenters. The van der Waals surface area contributed by atoms with Crippen LogP contribution in [-0.4, -0.2) is 69.9 Å². The molecule has 1 fully saturated rings. The number of aromatic carboxylic acids is 1. The summed E-state index contributed by atoms with van der Waals surface area (Å²) < 4.78 is 45.4.